The smallest absolute Gasteiger partial charge is 0.191 e. The number of hydrogen-bond donors (Lipinski definition) is 2. The standard InChI is InChI=1S/C20H34N4O2/c1-4-21-19(22-13-8-14-26-18-9-6-5-7-10-18)23-17-20(24(2)3)11-15-25-16-12-20/h5-7,9-10H,4,8,11-17H2,1-3H3,(H2,21,22,23). The molecule has 0 saturated carbocycles. The molecule has 0 radical (unpaired) electrons. The molecule has 1 aliphatic heterocycles. The molecule has 0 aromatic heterocycles. The van der Waals surface area contributed by atoms with Crippen LogP contribution in [0.4, 0.5) is 0 Å². The normalized spacial score (nSPS) is 17.2. The van der Waals surface area contributed by atoms with Crippen molar-refractivity contribution in [3.05, 3.63) is 30.3 Å². The van der Waals surface area contributed by atoms with E-state index in [0.29, 0.717) is 6.61 Å². The van der Waals surface area contributed by atoms with Gasteiger partial charge in [0.25, 0.3) is 0 Å². The van der Waals surface area contributed by atoms with Crippen LogP contribution in [0.1, 0.15) is 26.2 Å². The molecule has 1 saturated heterocycles. The van der Waals surface area contributed by atoms with E-state index in [1.54, 1.807) is 0 Å². The Morgan fingerprint density at radius 3 is 2.58 bits per heavy atom. The highest BCUT2D eigenvalue weighted by molar-refractivity contribution is 5.79. The first-order valence-corrected chi connectivity index (χ1v) is 9.61. The lowest BCUT2D eigenvalue weighted by molar-refractivity contribution is -0.00254. The van der Waals surface area contributed by atoms with Crippen molar-refractivity contribution < 1.29 is 9.47 Å². The first-order chi connectivity index (χ1) is 12.7. The third-order valence-corrected chi connectivity index (χ3v) is 4.87. The van der Waals surface area contributed by atoms with E-state index in [1.807, 2.05) is 30.3 Å². The number of guanidine groups is 1. The number of ether oxygens (including phenoxy) is 2. The fourth-order valence-corrected chi connectivity index (χ4v) is 3.05. The molecule has 1 aromatic rings. The highest BCUT2D eigenvalue weighted by Gasteiger charge is 2.34. The predicted molar refractivity (Wildman–Crippen MR) is 107 cm³/mol. The van der Waals surface area contributed by atoms with Gasteiger partial charge in [0.05, 0.1) is 13.2 Å². The first-order valence-electron chi connectivity index (χ1n) is 9.61. The van der Waals surface area contributed by atoms with Crippen LogP contribution in [-0.4, -0.2) is 69.9 Å². The van der Waals surface area contributed by atoms with Crippen molar-refractivity contribution in [2.45, 2.75) is 31.7 Å². The molecule has 6 nitrogen and oxygen atoms in total. The maximum absolute atomic E-state index is 5.73. The second-order valence-corrected chi connectivity index (χ2v) is 6.87. The van der Waals surface area contributed by atoms with Gasteiger partial charge in [0.1, 0.15) is 5.75 Å². The fourth-order valence-electron chi connectivity index (χ4n) is 3.05. The van der Waals surface area contributed by atoms with Crippen molar-refractivity contribution in [3.63, 3.8) is 0 Å². The molecule has 1 aliphatic rings. The molecule has 6 heteroatoms. The van der Waals surface area contributed by atoms with Crippen molar-refractivity contribution in [1.82, 2.24) is 15.5 Å². The molecular formula is C20H34N4O2. The van der Waals surface area contributed by atoms with Gasteiger partial charge in [-0.15, -0.1) is 0 Å². The SMILES string of the molecule is CCNC(=NCC1(N(C)C)CCOCC1)NCCCOc1ccccc1. The Morgan fingerprint density at radius 2 is 1.92 bits per heavy atom. The van der Waals surface area contributed by atoms with Crippen LogP contribution in [0.15, 0.2) is 35.3 Å². The van der Waals surface area contributed by atoms with Gasteiger partial charge in [-0.2, -0.15) is 0 Å². The molecule has 0 unspecified atom stereocenters. The molecular weight excluding hydrogens is 328 g/mol. The Kier molecular flexibility index (Phi) is 8.71. The van der Waals surface area contributed by atoms with Crippen LogP contribution in [0.5, 0.6) is 5.75 Å². The maximum Gasteiger partial charge on any atom is 0.191 e. The minimum Gasteiger partial charge on any atom is -0.494 e. The molecule has 0 spiro atoms. The zero-order chi connectivity index (χ0) is 18.7. The molecule has 2 rings (SSSR count). The van der Waals surface area contributed by atoms with Crippen molar-refractivity contribution in [2.75, 3.05) is 53.6 Å². The fraction of sp³-hybridized carbons (Fsp3) is 0.650. The van der Waals surface area contributed by atoms with Gasteiger partial charge in [0.15, 0.2) is 5.96 Å². The summed E-state index contributed by atoms with van der Waals surface area (Å²) in [7, 11) is 4.28. The topological polar surface area (TPSA) is 58.1 Å². The Morgan fingerprint density at radius 1 is 1.19 bits per heavy atom. The molecule has 0 atom stereocenters. The molecule has 2 N–H and O–H groups in total. The van der Waals surface area contributed by atoms with Crippen molar-refractivity contribution in [2.24, 2.45) is 4.99 Å². The van der Waals surface area contributed by atoms with Gasteiger partial charge >= 0.3 is 0 Å². The van der Waals surface area contributed by atoms with Crippen LogP contribution < -0.4 is 15.4 Å². The monoisotopic (exact) mass is 362 g/mol. The number of nitrogens with one attached hydrogen (secondary N) is 2. The molecule has 0 amide bonds. The van der Waals surface area contributed by atoms with Gasteiger partial charge in [-0.25, -0.2) is 0 Å². The minimum atomic E-state index is 0.0943. The average molecular weight is 363 g/mol. The maximum atomic E-state index is 5.73. The van der Waals surface area contributed by atoms with Gasteiger partial charge < -0.3 is 25.0 Å². The molecule has 26 heavy (non-hydrogen) atoms. The third-order valence-electron chi connectivity index (χ3n) is 4.87. The Labute approximate surface area is 158 Å². The zero-order valence-corrected chi connectivity index (χ0v) is 16.5. The van der Waals surface area contributed by atoms with E-state index in [-0.39, 0.29) is 5.54 Å². The van der Waals surface area contributed by atoms with Crippen LogP contribution in [-0.2, 0) is 4.74 Å². The van der Waals surface area contributed by atoms with Gasteiger partial charge in [-0.05, 0) is 52.4 Å². The molecule has 0 bridgehead atoms. The lowest BCUT2D eigenvalue weighted by atomic mass is 9.89. The molecule has 0 aliphatic carbocycles. The summed E-state index contributed by atoms with van der Waals surface area (Å²) >= 11 is 0. The average Bonchev–Trinajstić information content (AvgIpc) is 2.67. The van der Waals surface area contributed by atoms with E-state index in [4.69, 9.17) is 14.5 Å². The third kappa shape index (κ3) is 6.50. The number of nitrogens with zero attached hydrogens (tertiary/aromatic N) is 2. The minimum absolute atomic E-state index is 0.0943. The lowest BCUT2D eigenvalue weighted by Gasteiger charge is -2.41. The molecule has 1 aromatic carbocycles. The van der Waals surface area contributed by atoms with E-state index in [0.717, 1.165) is 63.8 Å². The van der Waals surface area contributed by atoms with E-state index < -0.39 is 0 Å². The molecule has 1 fully saturated rings. The number of para-hydroxylation sites is 1. The second kappa shape index (κ2) is 11.0. The number of rotatable bonds is 9. The highest BCUT2D eigenvalue weighted by atomic mass is 16.5. The van der Waals surface area contributed by atoms with Crippen LogP contribution in [0.2, 0.25) is 0 Å². The number of hydrogen-bond acceptors (Lipinski definition) is 4. The lowest BCUT2D eigenvalue weighted by Crippen LogP contribution is -2.51. The summed E-state index contributed by atoms with van der Waals surface area (Å²) in [6.45, 7) is 6.87. The van der Waals surface area contributed by atoms with Gasteiger partial charge in [-0.3, -0.25) is 4.99 Å². The first kappa shape index (κ1) is 20.5. The van der Waals surface area contributed by atoms with E-state index in [9.17, 15) is 0 Å². The summed E-state index contributed by atoms with van der Waals surface area (Å²) in [6, 6.07) is 9.92. The van der Waals surface area contributed by atoms with Crippen molar-refractivity contribution in [3.8, 4) is 5.75 Å². The Hall–Kier alpha value is -1.79. The molecule has 146 valence electrons. The van der Waals surface area contributed by atoms with E-state index in [2.05, 4.69) is 36.6 Å². The Balaban J connectivity index is 1.78. The van der Waals surface area contributed by atoms with Gasteiger partial charge in [0, 0.05) is 31.8 Å². The van der Waals surface area contributed by atoms with Crippen molar-refractivity contribution >= 4 is 5.96 Å². The summed E-state index contributed by atoms with van der Waals surface area (Å²) in [5.41, 5.74) is 0.0943. The van der Waals surface area contributed by atoms with E-state index in [1.165, 1.54) is 0 Å². The summed E-state index contributed by atoms with van der Waals surface area (Å²) in [5, 5.41) is 6.75. The summed E-state index contributed by atoms with van der Waals surface area (Å²) in [6.07, 6.45) is 2.97. The van der Waals surface area contributed by atoms with Crippen LogP contribution in [0, 0.1) is 0 Å². The van der Waals surface area contributed by atoms with Gasteiger partial charge in [0.2, 0.25) is 0 Å². The highest BCUT2D eigenvalue weighted by Crippen LogP contribution is 2.26. The molecule has 1 heterocycles. The van der Waals surface area contributed by atoms with Crippen LogP contribution in [0.3, 0.4) is 0 Å². The predicted octanol–water partition coefficient (Wildman–Crippen LogP) is 2.12. The number of aliphatic imine (C=N–C) groups is 1. The van der Waals surface area contributed by atoms with Gasteiger partial charge in [-0.1, -0.05) is 18.2 Å². The summed E-state index contributed by atoms with van der Waals surface area (Å²) in [4.78, 5) is 7.14. The second-order valence-electron chi connectivity index (χ2n) is 6.87. The zero-order valence-electron chi connectivity index (χ0n) is 16.5. The van der Waals surface area contributed by atoms with Crippen LogP contribution in [0.25, 0.3) is 0 Å². The van der Waals surface area contributed by atoms with Crippen LogP contribution >= 0.6 is 0 Å². The number of benzene rings is 1. The number of likely N-dealkylation sites (N-methyl/N-ethyl adjacent to an activating group) is 1. The van der Waals surface area contributed by atoms with Crippen molar-refractivity contribution in [1.29, 1.82) is 0 Å². The summed E-state index contributed by atoms with van der Waals surface area (Å²) < 4.78 is 11.3. The quantitative estimate of drug-likeness (QED) is 0.400. The Bertz CT molecular complexity index is 528. The van der Waals surface area contributed by atoms with E-state index >= 15 is 0 Å². The largest absolute Gasteiger partial charge is 0.494 e. The summed E-state index contributed by atoms with van der Waals surface area (Å²) in [5.74, 6) is 1.79.